The van der Waals surface area contributed by atoms with Gasteiger partial charge in [0, 0.05) is 36.7 Å². The van der Waals surface area contributed by atoms with Crippen LogP contribution < -0.4 is 10.1 Å². The summed E-state index contributed by atoms with van der Waals surface area (Å²) in [6.45, 7) is 3.84. The highest BCUT2D eigenvalue weighted by molar-refractivity contribution is 8.01. The molecule has 3 rings (SSSR count). The highest BCUT2D eigenvalue weighted by Crippen LogP contribution is 2.27. The maximum atomic E-state index is 12.3. The molecule has 1 saturated heterocycles. The van der Waals surface area contributed by atoms with Crippen LogP contribution in [0, 0.1) is 0 Å². The van der Waals surface area contributed by atoms with Crippen LogP contribution in [0.2, 0.25) is 0 Å². The fourth-order valence-corrected chi connectivity index (χ4v) is 4.90. The molecule has 2 aromatic rings. The topological polar surface area (TPSA) is 91.8 Å². The van der Waals surface area contributed by atoms with E-state index < -0.39 is 5.97 Å². The molecule has 0 saturated carbocycles. The zero-order chi connectivity index (χ0) is 19.9. The van der Waals surface area contributed by atoms with E-state index in [1.165, 1.54) is 28.5 Å². The van der Waals surface area contributed by atoms with Gasteiger partial charge in [-0.25, -0.2) is 9.78 Å². The Bertz CT molecular complexity index is 827. The van der Waals surface area contributed by atoms with Crippen LogP contribution in [-0.2, 0) is 4.79 Å². The number of hydrogen-bond donors (Lipinski definition) is 2. The van der Waals surface area contributed by atoms with E-state index in [0.717, 1.165) is 17.9 Å². The average molecular weight is 422 g/mol. The lowest BCUT2D eigenvalue weighted by atomic mass is 10.2. The Morgan fingerprint density at radius 2 is 2.29 bits per heavy atom. The molecule has 0 radical (unpaired) electrons. The number of carbonyl (C=O) groups is 2. The van der Waals surface area contributed by atoms with Crippen LogP contribution in [0.4, 0.5) is 5.69 Å². The van der Waals surface area contributed by atoms with Crippen molar-refractivity contribution in [2.45, 2.75) is 30.1 Å². The Kier molecular flexibility index (Phi) is 7.16. The number of ether oxygens (including phenoxy) is 1. The molecule has 1 aromatic heterocycles. The third-order valence-corrected chi connectivity index (χ3v) is 6.43. The Hall–Kier alpha value is -2.26. The van der Waals surface area contributed by atoms with Gasteiger partial charge in [0.25, 0.3) is 0 Å². The quantitative estimate of drug-likeness (QED) is 0.568. The summed E-state index contributed by atoms with van der Waals surface area (Å²) in [5, 5.41) is 13.9. The summed E-state index contributed by atoms with van der Waals surface area (Å²) < 4.78 is 6.35. The number of aromatic carboxylic acids is 1. The highest BCUT2D eigenvalue weighted by atomic mass is 32.2. The molecule has 2 N–H and O–H groups in total. The number of para-hydroxylation sites is 2. The van der Waals surface area contributed by atoms with Crippen LogP contribution in [0.15, 0.2) is 34.0 Å². The van der Waals surface area contributed by atoms with Gasteiger partial charge in [-0.15, -0.1) is 11.3 Å². The Morgan fingerprint density at radius 3 is 3.04 bits per heavy atom. The van der Waals surface area contributed by atoms with Gasteiger partial charge in [0.2, 0.25) is 5.91 Å². The first kappa shape index (κ1) is 20.5. The van der Waals surface area contributed by atoms with E-state index in [9.17, 15) is 9.59 Å². The predicted octanol–water partition coefficient (Wildman–Crippen LogP) is 3.44. The number of nitrogens with zero attached hydrogens (tertiary/aromatic N) is 2. The Morgan fingerprint density at radius 1 is 1.46 bits per heavy atom. The number of carbonyl (C=O) groups excluding carboxylic acids is 1. The molecule has 1 fully saturated rings. The molecule has 2 heterocycles. The number of likely N-dealkylation sites (tertiary alicyclic amines) is 1. The van der Waals surface area contributed by atoms with Crippen LogP contribution in [0.3, 0.4) is 0 Å². The number of anilines is 1. The van der Waals surface area contributed by atoms with Crippen LogP contribution in [-0.4, -0.2) is 58.4 Å². The maximum absolute atomic E-state index is 12.3. The first-order valence-corrected chi connectivity index (χ1v) is 11.0. The van der Waals surface area contributed by atoms with Crippen molar-refractivity contribution in [2.24, 2.45) is 0 Å². The third kappa shape index (κ3) is 5.17. The van der Waals surface area contributed by atoms with Crippen molar-refractivity contribution in [3.63, 3.8) is 0 Å². The smallest absolute Gasteiger partial charge is 0.355 e. The standard InChI is InChI=1S/C19H23N3O4S2/c1-2-26-16-6-4-3-5-14(16)20-11-13-7-8-17(23)22(13)9-10-27-19-21-15(12-28-19)18(24)25/h3-6,12-13,20H,2,7-11H2,1H3,(H,24,25). The largest absolute Gasteiger partial charge is 0.492 e. The lowest BCUT2D eigenvalue weighted by molar-refractivity contribution is -0.128. The van der Waals surface area contributed by atoms with Gasteiger partial charge in [-0.2, -0.15) is 0 Å². The van der Waals surface area contributed by atoms with E-state index in [1.54, 1.807) is 0 Å². The molecule has 0 bridgehead atoms. The second-order valence-corrected chi connectivity index (χ2v) is 8.44. The number of benzene rings is 1. The van der Waals surface area contributed by atoms with Crippen LogP contribution in [0.5, 0.6) is 5.75 Å². The number of carboxylic acids is 1. The molecular formula is C19H23N3O4S2. The minimum atomic E-state index is -1.02. The number of carboxylic acid groups (broad SMARTS) is 1. The molecule has 7 nitrogen and oxygen atoms in total. The molecule has 150 valence electrons. The fraction of sp³-hybridized carbons (Fsp3) is 0.421. The molecule has 28 heavy (non-hydrogen) atoms. The monoisotopic (exact) mass is 421 g/mol. The molecule has 1 unspecified atom stereocenters. The summed E-state index contributed by atoms with van der Waals surface area (Å²) in [7, 11) is 0. The molecular weight excluding hydrogens is 398 g/mol. The van der Waals surface area contributed by atoms with Crippen molar-refractivity contribution < 1.29 is 19.4 Å². The van der Waals surface area contributed by atoms with E-state index in [2.05, 4.69) is 10.3 Å². The number of aromatic nitrogens is 1. The van der Waals surface area contributed by atoms with Gasteiger partial charge in [0.15, 0.2) is 10.0 Å². The van der Waals surface area contributed by atoms with Crippen LogP contribution in [0.1, 0.15) is 30.3 Å². The number of nitrogens with one attached hydrogen (secondary N) is 1. The second-order valence-electron chi connectivity index (χ2n) is 6.24. The predicted molar refractivity (Wildman–Crippen MR) is 111 cm³/mol. The molecule has 1 aliphatic heterocycles. The van der Waals surface area contributed by atoms with E-state index in [1.807, 2.05) is 36.1 Å². The first-order chi connectivity index (χ1) is 13.6. The van der Waals surface area contributed by atoms with Crippen molar-refractivity contribution in [2.75, 3.05) is 30.8 Å². The third-order valence-electron chi connectivity index (χ3n) is 4.43. The molecule has 1 amide bonds. The minimum Gasteiger partial charge on any atom is -0.492 e. The number of amides is 1. The average Bonchev–Trinajstić information content (AvgIpc) is 3.29. The summed E-state index contributed by atoms with van der Waals surface area (Å²) in [5.41, 5.74) is 1.00. The lowest BCUT2D eigenvalue weighted by Gasteiger charge is -2.25. The maximum Gasteiger partial charge on any atom is 0.355 e. The van der Waals surface area contributed by atoms with E-state index in [4.69, 9.17) is 9.84 Å². The summed E-state index contributed by atoms with van der Waals surface area (Å²) in [6, 6.07) is 7.93. The van der Waals surface area contributed by atoms with Gasteiger partial charge in [-0.1, -0.05) is 23.9 Å². The van der Waals surface area contributed by atoms with E-state index in [-0.39, 0.29) is 17.6 Å². The van der Waals surface area contributed by atoms with E-state index >= 15 is 0 Å². The summed E-state index contributed by atoms with van der Waals surface area (Å²) >= 11 is 2.80. The minimum absolute atomic E-state index is 0.0692. The van der Waals surface area contributed by atoms with Crippen molar-refractivity contribution in [3.05, 3.63) is 35.3 Å². The number of rotatable bonds is 10. The zero-order valence-corrected chi connectivity index (χ0v) is 17.2. The van der Waals surface area contributed by atoms with Gasteiger partial charge in [-0.3, -0.25) is 4.79 Å². The normalized spacial score (nSPS) is 16.4. The summed E-state index contributed by atoms with van der Waals surface area (Å²) in [4.78, 5) is 29.2. The Balaban J connectivity index is 1.52. The SMILES string of the molecule is CCOc1ccccc1NCC1CCC(=O)N1CCSc1nc(C(=O)O)cs1. The van der Waals surface area contributed by atoms with E-state index in [0.29, 0.717) is 36.2 Å². The molecule has 0 aliphatic carbocycles. The number of thioether (sulfide) groups is 1. The van der Waals surface area contributed by atoms with Crippen LogP contribution >= 0.6 is 23.1 Å². The fourth-order valence-electron chi connectivity index (χ4n) is 3.09. The van der Waals surface area contributed by atoms with Gasteiger partial charge in [-0.05, 0) is 25.5 Å². The van der Waals surface area contributed by atoms with Crippen molar-refractivity contribution in [1.29, 1.82) is 0 Å². The van der Waals surface area contributed by atoms with Crippen molar-refractivity contribution >= 4 is 40.7 Å². The second kappa shape index (κ2) is 9.79. The first-order valence-electron chi connectivity index (χ1n) is 9.15. The van der Waals surface area contributed by atoms with Gasteiger partial charge in [0.05, 0.1) is 12.3 Å². The van der Waals surface area contributed by atoms with Crippen molar-refractivity contribution in [3.8, 4) is 5.75 Å². The zero-order valence-electron chi connectivity index (χ0n) is 15.6. The molecule has 1 aromatic carbocycles. The molecule has 1 aliphatic rings. The number of thiazole rings is 1. The summed E-state index contributed by atoms with van der Waals surface area (Å²) in [6.07, 6.45) is 1.39. The highest BCUT2D eigenvalue weighted by Gasteiger charge is 2.30. The molecule has 1 atom stereocenters. The molecule has 9 heteroatoms. The van der Waals surface area contributed by atoms with Gasteiger partial charge < -0.3 is 20.1 Å². The Labute approximate surface area is 172 Å². The van der Waals surface area contributed by atoms with Crippen molar-refractivity contribution in [1.82, 2.24) is 9.88 Å². The van der Waals surface area contributed by atoms with Crippen LogP contribution in [0.25, 0.3) is 0 Å². The number of hydrogen-bond acceptors (Lipinski definition) is 7. The summed E-state index contributed by atoms with van der Waals surface area (Å²) in [5.74, 6) is 0.645. The molecule has 0 spiro atoms. The van der Waals surface area contributed by atoms with Gasteiger partial charge in [0.1, 0.15) is 5.75 Å². The van der Waals surface area contributed by atoms with Gasteiger partial charge >= 0.3 is 5.97 Å². The lowest BCUT2D eigenvalue weighted by Crippen LogP contribution is -2.39.